The Bertz CT molecular complexity index is 1950. The van der Waals surface area contributed by atoms with E-state index in [4.69, 9.17) is 0 Å². The molecule has 1 aliphatic rings. The van der Waals surface area contributed by atoms with Crippen molar-refractivity contribution < 1.29 is 0 Å². The van der Waals surface area contributed by atoms with Crippen LogP contribution in [0.4, 0.5) is 0 Å². The second-order valence-corrected chi connectivity index (χ2v) is 10.5. The van der Waals surface area contributed by atoms with Gasteiger partial charge in [0, 0.05) is 0 Å². The van der Waals surface area contributed by atoms with Crippen molar-refractivity contribution >= 4 is 21.5 Å². The molecule has 1 aliphatic carbocycles. The van der Waals surface area contributed by atoms with Crippen molar-refractivity contribution in [2.45, 2.75) is 5.41 Å². The monoisotopic (exact) mass is 494 g/mol. The van der Waals surface area contributed by atoms with E-state index in [1.54, 1.807) is 0 Å². The quantitative estimate of drug-likeness (QED) is 0.214. The Labute approximate surface area is 228 Å². The molecule has 0 saturated carbocycles. The summed E-state index contributed by atoms with van der Waals surface area (Å²) in [5.74, 6) is 0. The lowest BCUT2D eigenvalue weighted by Crippen LogP contribution is -2.28. The lowest BCUT2D eigenvalue weighted by atomic mass is 9.67. The van der Waals surface area contributed by atoms with E-state index in [0.29, 0.717) is 0 Å². The van der Waals surface area contributed by atoms with Gasteiger partial charge in [0.25, 0.3) is 0 Å². The van der Waals surface area contributed by atoms with Gasteiger partial charge in [-0.25, -0.2) is 0 Å². The lowest BCUT2D eigenvalue weighted by molar-refractivity contribution is 0.768. The molecule has 0 atom stereocenters. The Morgan fingerprint density at radius 2 is 0.795 bits per heavy atom. The molecule has 182 valence electrons. The maximum Gasteiger partial charge on any atom is 0.0713 e. The summed E-state index contributed by atoms with van der Waals surface area (Å²) >= 11 is 0. The molecule has 7 aromatic carbocycles. The number of rotatable bonds is 3. The maximum atomic E-state index is 2.34. The first-order chi connectivity index (χ1) is 19.3. The molecule has 0 amide bonds. The summed E-state index contributed by atoms with van der Waals surface area (Å²) in [4.78, 5) is 0. The molecular weight excluding hydrogens is 468 g/mol. The van der Waals surface area contributed by atoms with E-state index < -0.39 is 0 Å². The minimum Gasteiger partial charge on any atom is -0.0622 e. The normalized spacial score (nSPS) is 13.3. The van der Waals surface area contributed by atoms with E-state index in [1.807, 2.05) is 0 Å². The van der Waals surface area contributed by atoms with Crippen LogP contribution in [0.3, 0.4) is 0 Å². The smallest absolute Gasteiger partial charge is 0.0622 e. The fourth-order valence-electron chi connectivity index (χ4n) is 6.74. The summed E-state index contributed by atoms with van der Waals surface area (Å²) in [5, 5.41) is 5.11. The van der Waals surface area contributed by atoms with Crippen LogP contribution in [0.25, 0.3) is 43.8 Å². The van der Waals surface area contributed by atoms with Crippen molar-refractivity contribution in [3.63, 3.8) is 0 Å². The van der Waals surface area contributed by atoms with E-state index in [-0.39, 0.29) is 5.41 Å². The first-order valence-corrected chi connectivity index (χ1v) is 13.6. The van der Waals surface area contributed by atoms with Crippen LogP contribution >= 0.6 is 0 Å². The SMILES string of the molecule is c1ccc(C2(c3ccc(-c4ccc5cc6ccccc6cc5c4)cc3)c3ccccc3-c3ccccc32)cc1. The second-order valence-electron chi connectivity index (χ2n) is 10.5. The van der Waals surface area contributed by atoms with Crippen LogP contribution in [0, 0.1) is 0 Å². The zero-order chi connectivity index (χ0) is 25.8. The number of hydrogen-bond donors (Lipinski definition) is 0. The van der Waals surface area contributed by atoms with Crippen LogP contribution in [-0.2, 0) is 5.41 Å². The molecule has 0 saturated heterocycles. The van der Waals surface area contributed by atoms with Gasteiger partial charge in [-0.1, -0.05) is 140 Å². The predicted octanol–water partition coefficient (Wildman–Crippen LogP) is 10.0. The molecule has 0 heterocycles. The number of hydrogen-bond acceptors (Lipinski definition) is 0. The Morgan fingerprint density at radius 3 is 1.46 bits per heavy atom. The van der Waals surface area contributed by atoms with Gasteiger partial charge >= 0.3 is 0 Å². The van der Waals surface area contributed by atoms with E-state index in [9.17, 15) is 0 Å². The average molecular weight is 495 g/mol. The van der Waals surface area contributed by atoms with Gasteiger partial charge in [-0.3, -0.25) is 0 Å². The van der Waals surface area contributed by atoms with Crippen molar-refractivity contribution in [3.05, 3.63) is 180 Å². The highest BCUT2D eigenvalue weighted by atomic mass is 14.5. The lowest BCUT2D eigenvalue weighted by Gasteiger charge is -2.34. The topological polar surface area (TPSA) is 0 Å². The van der Waals surface area contributed by atoms with Gasteiger partial charge < -0.3 is 0 Å². The van der Waals surface area contributed by atoms with Crippen molar-refractivity contribution in [1.29, 1.82) is 0 Å². The van der Waals surface area contributed by atoms with Crippen LogP contribution in [0.5, 0.6) is 0 Å². The van der Waals surface area contributed by atoms with E-state index in [1.165, 1.54) is 66.1 Å². The molecule has 0 bridgehead atoms. The fraction of sp³-hybridized carbons (Fsp3) is 0.0256. The minimum absolute atomic E-state index is 0.352. The van der Waals surface area contributed by atoms with Crippen LogP contribution in [0.2, 0.25) is 0 Å². The molecule has 0 heteroatoms. The Morgan fingerprint density at radius 1 is 0.308 bits per heavy atom. The summed E-state index contributed by atoms with van der Waals surface area (Å²) in [6, 6.07) is 58.1. The van der Waals surface area contributed by atoms with Crippen molar-refractivity contribution in [2.24, 2.45) is 0 Å². The Hall–Kier alpha value is -4.94. The molecule has 0 fully saturated rings. The summed E-state index contributed by atoms with van der Waals surface area (Å²) in [6.07, 6.45) is 0. The maximum absolute atomic E-state index is 2.34. The van der Waals surface area contributed by atoms with Gasteiger partial charge in [-0.05, 0) is 84.3 Å². The third-order valence-electron chi connectivity index (χ3n) is 8.52. The van der Waals surface area contributed by atoms with Gasteiger partial charge in [-0.2, -0.15) is 0 Å². The molecule has 0 spiro atoms. The first kappa shape index (κ1) is 22.1. The standard InChI is InChI=1S/C39H26/c1-2-12-33(13-3-1)39(37-16-8-6-14-35(37)36-15-7-9-17-38(36)39)34-22-20-27(21-23-34)30-18-19-31-24-28-10-4-5-11-29(28)25-32(31)26-30/h1-26H. The van der Waals surface area contributed by atoms with E-state index in [2.05, 4.69) is 158 Å². The summed E-state index contributed by atoms with van der Waals surface area (Å²) in [5.41, 5.74) is 10.1. The summed E-state index contributed by atoms with van der Waals surface area (Å²) in [6.45, 7) is 0. The Balaban J connectivity index is 1.31. The number of benzene rings is 7. The largest absolute Gasteiger partial charge is 0.0713 e. The summed E-state index contributed by atoms with van der Waals surface area (Å²) < 4.78 is 0. The molecule has 7 aromatic rings. The average Bonchev–Trinajstić information content (AvgIpc) is 3.31. The number of fused-ring (bicyclic) bond motifs is 5. The third kappa shape index (κ3) is 3.25. The van der Waals surface area contributed by atoms with Crippen molar-refractivity contribution in [2.75, 3.05) is 0 Å². The van der Waals surface area contributed by atoms with Crippen molar-refractivity contribution in [1.82, 2.24) is 0 Å². The Kier molecular flexibility index (Phi) is 4.84. The molecule has 39 heavy (non-hydrogen) atoms. The molecule has 0 unspecified atom stereocenters. The highest BCUT2D eigenvalue weighted by molar-refractivity contribution is 5.99. The molecule has 0 aromatic heterocycles. The second kappa shape index (κ2) is 8.55. The van der Waals surface area contributed by atoms with Crippen LogP contribution < -0.4 is 0 Å². The van der Waals surface area contributed by atoms with Gasteiger partial charge in [-0.15, -0.1) is 0 Å². The predicted molar refractivity (Wildman–Crippen MR) is 164 cm³/mol. The zero-order valence-corrected chi connectivity index (χ0v) is 21.5. The van der Waals surface area contributed by atoms with Gasteiger partial charge in [0.15, 0.2) is 0 Å². The molecule has 0 nitrogen and oxygen atoms in total. The van der Waals surface area contributed by atoms with Crippen LogP contribution in [-0.4, -0.2) is 0 Å². The molecular formula is C39H26. The van der Waals surface area contributed by atoms with Gasteiger partial charge in [0.2, 0.25) is 0 Å². The van der Waals surface area contributed by atoms with Crippen LogP contribution in [0.15, 0.2) is 158 Å². The molecule has 0 radical (unpaired) electrons. The summed E-state index contributed by atoms with van der Waals surface area (Å²) in [7, 11) is 0. The molecule has 8 rings (SSSR count). The van der Waals surface area contributed by atoms with Gasteiger partial charge in [0.1, 0.15) is 0 Å². The van der Waals surface area contributed by atoms with Gasteiger partial charge in [0.05, 0.1) is 5.41 Å². The highest BCUT2D eigenvalue weighted by Gasteiger charge is 2.45. The minimum atomic E-state index is -0.352. The molecule has 0 aliphatic heterocycles. The fourth-order valence-corrected chi connectivity index (χ4v) is 6.74. The third-order valence-corrected chi connectivity index (χ3v) is 8.52. The van der Waals surface area contributed by atoms with Crippen LogP contribution in [0.1, 0.15) is 22.3 Å². The first-order valence-electron chi connectivity index (χ1n) is 13.6. The van der Waals surface area contributed by atoms with E-state index >= 15 is 0 Å². The highest BCUT2D eigenvalue weighted by Crippen LogP contribution is 2.56. The molecule has 0 N–H and O–H groups in total. The zero-order valence-electron chi connectivity index (χ0n) is 21.5. The van der Waals surface area contributed by atoms with E-state index in [0.717, 1.165) is 0 Å². The van der Waals surface area contributed by atoms with Crippen molar-refractivity contribution in [3.8, 4) is 22.3 Å².